The number of aryl methyl sites for hydroxylation is 2. The van der Waals surface area contributed by atoms with Crippen LogP contribution in [0.2, 0.25) is 0 Å². The molecule has 1 aliphatic carbocycles. The van der Waals surface area contributed by atoms with Gasteiger partial charge in [0.05, 0.1) is 5.69 Å². The first-order chi connectivity index (χ1) is 12.6. The number of nitrogen functional groups attached to an aromatic ring is 1. The van der Waals surface area contributed by atoms with Gasteiger partial charge in [0, 0.05) is 35.3 Å². The number of fused-ring (bicyclic) bond motifs is 1. The minimum Gasteiger partial charge on any atom is -0.383 e. The number of pyridine rings is 1. The number of rotatable bonds is 2. The minimum absolute atomic E-state index is 0.0659. The number of anilines is 1. The van der Waals surface area contributed by atoms with Gasteiger partial charge < -0.3 is 11.5 Å². The normalized spacial score (nSPS) is 16.1. The Hall–Kier alpha value is -3.17. The van der Waals surface area contributed by atoms with Crippen LogP contribution in [-0.2, 0) is 12.8 Å². The summed E-state index contributed by atoms with van der Waals surface area (Å²) in [4.78, 5) is 4.50. The fourth-order valence-corrected chi connectivity index (χ4v) is 3.68. The maximum absolute atomic E-state index is 9.80. The van der Waals surface area contributed by atoms with E-state index in [9.17, 15) is 5.26 Å². The van der Waals surface area contributed by atoms with Gasteiger partial charge in [-0.15, -0.1) is 0 Å². The van der Waals surface area contributed by atoms with E-state index in [2.05, 4.69) is 22.2 Å². The molecular formula is C20H20N6. The van der Waals surface area contributed by atoms with Crippen LogP contribution in [-0.4, -0.2) is 20.8 Å². The van der Waals surface area contributed by atoms with Gasteiger partial charge in [0.15, 0.2) is 0 Å². The van der Waals surface area contributed by atoms with Gasteiger partial charge in [0.1, 0.15) is 17.5 Å². The molecule has 0 saturated carbocycles. The van der Waals surface area contributed by atoms with Crippen LogP contribution in [0.5, 0.6) is 0 Å². The van der Waals surface area contributed by atoms with E-state index in [1.165, 1.54) is 0 Å². The molecule has 4 rings (SSSR count). The fourth-order valence-electron chi connectivity index (χ4n) is 3.68. The predicted octanol–water partition coefficient (Wildman–Crippen LogP) is 2.51. The Bertz CT molecular complexity index is 1010. The summed E-state index contributed by atoms with van der Waals surface area (Å²) < 4.78 is 1.81. The number of aromatic nitrogens is 3. The van der Waals surface area contributed by atoms with Crippen LogP contribution in [0.1, 0.15) is 28.8 Å². The van der Waals surface area contributed by atoms with Crippen LogP contribution in [0.25, 0.3) is 16.8 Å². The van der Waals surface area contributed by atoms with Gasteiger partial charge in [-0.2, -0.15) is 10.4 Å². The van der Waals surface area contributed by atoms with Crippen molar-refractivity contribution in [2.75, 3.05) is 5.73 Å². The summed E-state index contributed by atoms with van der Waals surface area (Å²) in [5.41, 5.74) is 18.6. The van der Waals surface area contributed by atoms with Gasteiger partial charge in [-0.1, -0.05) is 11.6 Å². The van der Waals surface area contributed by atoms with Crippen molar-refractivity contribution in [2.24, 2.45) is 5.73 Å². The molecule has 1 aliphatic rings. The summed E-state index contributed by atoms with van der Waals surface area (Å²) in [6, 6.07) is 10.3. The molecule has 0 spiro atoms. The zero-order chi connectivity index (χ0) is 18.3. The zero-order valence-corrected chi connectivity index (χ0v) is 14.6. The molecule has 2 heterocycles. The lowest BCUT2D eigenvalue weighted by Gasteiger charge is -2.26. The van der Waals surface area contributed by atoms with Crippen LogP contribution in [0.3, 0.4) is 0 Å². The summed E-state index contributed by atoms with van der Waals surface area (Å²) in [6.07, 6.45) is 5.98. The highest BCUT2D eigenvalue weighted by Crippen LogP contribution is 2.38. The van der Waals surface area contributed by atoms with Crippen molar-refractivity contribution in [1.82, 2.24) is 14.8 Å². The first kappa shape index (κ1) is 16.3. The highest BCUT2D eigenvalue weighted by molar-refractivity contribution is 5.84. The minimum atomic E-state index is 0.0659. The zero-order valence-electron chi connectivity index (χ0n) is 14.6. The number of nitrogens with two attached hydrogens (primary N) is 2. The Labute approximate surface area is 152 Å². The average Bonchev–Trinajstić information content (AvgIpc) is 3.15. The lowest BCUT2D eigenvalue weighted by molar-refractivity contribution is 0.568. The Morgan fingerprint density at radius 2 is 2.19 bits per heavy atom. The molecule has 0 amide bonds. The number of benzene rings is 1. The summed E-state index contributed by atoms with van der Waals surface area (Å²) >= 11 is 0. The SMILES string of the molecule is Cc1ccc(-n2cccn2)c(-c2c(C#N)c(N)nc3c2C[C@@H](N)CC3)c1. The van der Waals surface area contributed by atoms with E-state index in [1.807, 2.05) is 36.0 Å². The van der Waals surface area contributed by atoms with Crippen LogP contribution < -0.4 is 11.5 Å². The molecule has 1 atom stereocenters. The van der Waals surface area contributed by atoms with Crippen LogP contribution in [0.15, 0.2) is 36.7 Å². The van der Waals surface area contributed by atoms with Crippen molar-refractivity contribution in [3.63, 3.8) is 0 Å². The third-order valence-electron chi connectivity index (χ3n) is 4.91. The Balaban J connectivity index is 2.07. The highest BCUT2D eigenvalue weighted by Gasteiger charge is 2.26. The number of nitrogens with zero attached hydrogens (tertiary/aromatic N) is 4. The number of hydrogen-bond acceptors (Lipinski definition) is 5. The standard InChI is InChI=1S/C20H20N6/c1-12-3-6-18(26-8-2-7-24-26)15(9-12)19-14-10-13(22)4-5-17(14)25-20(23)16(19)11-21/h2-3,6-9,13H,4-5,10,22H2,1H3,(H2,23,25)/t13-/m0/s1. The molecule has 0 bridgehead atoms. The summed E-state index contributed by atoms with van der Waals surface area (Å²) in [5.74, 6) is 0.282. The van der Waals surface area contributed by atoms with Crippen molar-refractivity contribution >= 4 is 5.82 Å². The Morgan fingerprint density at radius 1 is 1.35 bits per heavy atom. The molecule has 1 aromatic carbocycles. The fraction of sp³-hybridized carbons (Fsp3) is 0.250. The molecule has 2 aromatic heterocycles. The van der Waals surface area contributed by atoms with Crippen LogP contribution in [0.4, 0.5) is 5.82 Å². The summed E-state index contributed by atoms with van der Waals surface area (Å²) in [7, 11) is 0. The van der Waals surface area contributed by atoms with E-state index in [0.29, 0.717) is 12.0 Å². The second kappa shape index (κ2) is 6.28. The smallest absolute Gasteiger partial charge is 0.142 e. The molecule has 26 heavy (non-hydrogen) atoms. The first-order valence-electron chi connectivity index (χ1n) is 8.66. The lowest BCUT2D eigenvalue weighted by Crippen LogP contribution is -2.29. The Morgan fingerprint density at radius 3 is 2.92 bits per heavy atom. The molecule has 0 fully saturated rings. The first-order valence-corrected chi connectivity index (χ1v) is 8.66. The van der Waals surface area contributed by atoms with E-state index < -0.39 is 0 Å². The molecule has 6 heteroatoms. The van der Waals surface area contributed by atoms with Crippen molar-refractivity contribution in [3.8, 4) is 22.9 Å². The van der Waals surface area contributed by atoms with E-state index in [1.54, 1.807) is 6.20 Å². The van der Waals surface area contributed by atoms with E-state index in [4.69, 9.17) is 11.5 Å². The van der Waals surface area contributed by atoms with Crippen LogP contribution >= 0.6 is 0 Å². The molecule has 0 saturated heterocycles. The molecule has 4 N–H and O–H groups in total. The van der Waals surface area contributed by atoms with Crippen LogP contribution in [0, 0.1) is 18.3 Å². The third kappa shape index (κ3) is 2.63. The second-order valence-electron chi connectivity index (χ2n) is 6.76. The van der Waals surface area contributed by atoms with E-state index >= 15 is 0 Å². The molecule has 0 radical (unpaired) electrons. The maximum Gasteiger partial charge on any atom is 0.142 e. The Kier molecular flexibility index (Phi) is 3.94. The molecule has 0 aliphatic heterocycles. The second-order valence-corrected chi connectivity index (χ2v) is 6.76. The predicted molar refractivity (Wildman–Crippen MR) is 101 cm³/mol. The van der Waals surface area contributed by atoms with E-state index in [0.717, 1.165) is 46.5 Å². The quantitative estimate of drug-likeness (QED) is 0.743. The van der Waals surface area contributed by atoms with E-state index in [-0.39, 0.29) is 11.9 Å². The maximum atomic E-state index is 9.80. The summed E-state index contributed by atoms with van der Waals surface area (Å²) in [6.45, 7) is 2.03. The van der Waals surface area contributed by atoms with Crippen molar-refractivity contribution in [3.05, 3.63) is 59.0 Å². The van der Waals surface area contributed by atoms with Crippen molar-refractivity contribution in [1.29, 1.82) is 5.26 Å². The number of hydrogen-bond donors (Lipinski definition) is 2. The largest absolute Gasteiger partial charge is 0.383 e. The monoisotopic (exact) mass is 344 g/mol. The average molecular weight is 344 g/mol. The van der Waals surface area contributed by atoms with Gasteiger partial charge in [-0.3, -0.25) is 0 Å². The highest BCUT2D eigenvalue weighted by atomic mass is 15.3. The third-order valence-corrected chi connectivity index (χ3v) is 4.91. The topological polar surface area (TPSA) is 107 Å². The molecule has 6 nitrogen and oxygen atoms in total. The molecule has 0 unspecified atom stereocenters. The van der Waals surface area contributed by atoms with Gasteiger partial charge in [0.25, 0.3) is 0 Å². The van der Waals surface area contributed by atoms with Gasteiger partial charge in [-0.05, 0) is 49.9 Å². The summed E-state index contributed by atoms with van der Waals surface area (Å²) in [5, 5.41) is 14.2. The number of nitriles is 1. The molecular weight excluding hydrogens is 324 g/mol. The van der Waals surface area contributed by atoms with Crippen molar-refractivity contribution < 1.29 is 0 Å². The lowest BCUT2D eigenvalue weighted by atomic mass is 9.84. The van der Waals surface area contributed by atoms with Gasteiger partial charge >= 0.3 is 0 Å². The molecule has 3 aromatic rings. The van der Waals surface area contributed by atoms with Crippen molar-refractivity contribution in [2.45, 2.75) is 32.2 Å². The van der Waals surface area contributed by atoms with Gasteiger partial charge in [-0.25, -0.2) is 9.67 Å². The van der Waals surface area contributed by atoms with Gasteiger partial charge in [0.2, 0.25) is 0 Å². The molecule has 130 valence electrons.